The number of nitrogens with one attached hydrogen (secondary N) is 1. The Hall–Kier alpha value is -1.40. The highest BCUT2D eigenvalue weighted by atomic mass is 16.5. The summed E-state index contributed by atoms with van der Waals surface area (Å²) in [4.78, 5) is 24.7. The quantitative estimate of drug-likeness (QED) is 0.0320. The molecular weight excluding hydrogens is 1030 g/mol. The Labute approximate surface area is 527 Å². The van der Waals surface area contributed by atoms with Crippen LogP contribution in [0.2, 0.25) is 0 Å². The van der Waals surface area contributed by atoms with Crippen molar-refractivity contribution in [2.24, 2.45) is 0 Å². The van der Waals surface area contributed by atoms with Gasteiger partial charge in [0.2, 0.25) is 5.91 Å². The molecule has 0 aliphatic heterocycles. The Morgan fingerprint density at radius 2 is 0.548 bits per heavy atom. The molecule has 2 atom stereocenters. The van der Waals surface area contributed by atoms with Crippen LogP contribution in [0.1, 0.15) is 450 Å². The van der Waals surface area contributed by atoms with Crippen LogP contribution in [0.3, 0.4) is 0 Å². The number of rotatable bonds is 74. The number of aliphatic hydroxyl groups is 2. The molecule has 0 rings (SSSR count). The molecule has 0 radical (unpaired) electrons. The third-order valence-corrected chi connectivity index (χ3v) is 18.6. The minimum absolute atomic E-state index is 0.0230. The summed E-state index contributed by atoms with van der Waals surface area (Å²) in [5, 5.41) is 23.3. The summed E-state index contributed by atoms with van der Waals surface area (Å²) in [6.45, 7) is 4.97. The first-order valence-electron chi connectivity index (χ1n) is 39.0. The van der Waals surface area contributed by atoms with Crippen molar-refractivity contribution in [1.82, 2.24) is 5.32 Å². The van der Waals surface area contributed by atoms with Gasteiger partial charge in [0.1, 0.15) is 0 Å². The van der Waals surface area contributed by atoms with Gasteiger partial charge >= 0.3 is 5.97 Å². The second kappa shape index (κ2) is 74.1. The molecule has 6 nitrogen and oxygen atoms in total. The Balaban J connectivity index is 3.36. The highest BCUT2D eigenvalue weighted by Crippen LogP contribution is 2.20. The lowest BCUT2D eigenvalue weighted by atomic mass is 10.0. The van der Waals surface area contributed by atoms with Gasteiger partial charge in [0.15, 0.2) is 0 Å². The normalized spacial score (nSPS) is 12.5. The van der Waals surface area contributed by atoms with Gasteiger partial charge in [-0.15, -0.1) is 0 Å². The number of carbonyl (C=O) groups excluding carboxylic acids is 2. The molecule has 0 aliphatic rings. The van der Waals surface area contributed by atoms with Crippen molar-refractivity contribution >= 4 is 11.9 Å². The average Bonchev–Trinajstić information content (AvgIpc) is 3.50. The number of carbonyl (C=O) groups is 2. The molecule has 500 valence electrons. The lowest BCUT2D eigenvalue weighted by Gasteiger charge is -2.20. The maximum atomic E-state index is 12.5. The Morgan fingerprint density at radius 3 is 0.810 bits per heavy atom. The fourth-order valence-electron chi connectivity index (χ4n) is 12.6. The topological polar surface area (TPSA) is 95.9 Å². The number of amides is 1. The number of unbranched alkanes of at least 4 members (excludes halogenated alkanes) is 63. The predicted octanol–water partition coefficient (Wildman–Crippen LogP) is 25.5. The van der Waals surface area contributed by atoms with Crippen LogP contribution < -0.4 is 5.32 Å². The maximum absolute atomic E-state index is 12.5. The molecule has 0 aromatic rings. The molecule has 0 aromatic heterocycles. The van der Waals surface area contributed by atoms with Crippen LogP contribution in [0, 0.1) is 0 Å². The van der Waals surface area contributed by atoms with Gasteiger partial charge in [-0.05, 0) is 32.1 Å². The van der Waals surface area contributed by atoms with Crippen LogP contribution >= 0.6 is 0 Å². The van der Waals surface area contributed by atoms with Gasteiger partial charge in [-0.2, -0.15) is 0 Å². The molecule has 84 heavy (non-hydrogen) atoms. The first-order valence-corrected chi connectivity index (χ1v) is 39.0. The zero-order valence-electron chi connectivity index (χ0n) is 57.4. The molecule has 0 aliphatic carbocycles. The molecule has 0 aromatic carbocycles. The fraction of sp³-hybridized carbons (Fsp3) is 0.949. The summed E-state index contributed by atoms with van der Waals surface area (Å²) in [6.07, 6.45) is 93.2. The van der Waals surface area contributed by atoms with E-state index >= 15 is 0 Å². The standard InChI is InChI=1S/C78H153NO5/c1-3-5-7-9-11-13-15-17-19-21-22-23-29-32-35-39-42-46-50-54-58-62-66-70-76(81)75(74-80)79-77(82)71-67-63-59-55-51-47-43-40-36-33-30-27-25-24-26-28-31-34-37-41-45-49-53-57-61-65-69-73-84-78(83)72-68-64-60-56-52-48-44-38-20-18-16-14-12-10-8-6-4-2/h66,70,75-76,80-81H,3-65,67-69,71-74H2,1-2H3,(H,79,82)/b70-66+. The number of ether oxygens (including phenoxy) is 1. The van der Waals surface area contributed by atoms with E-state index in [1.807, 2.05) is 6.08 Å². The van der Waals surface area contributed by atoms with E-state index in [0.717, 1.165) is 38.5 Å². The van der Waals surface area contributed by atoms with E-state index in [2.05, 4.69) is 19.2 Å². The van der Waals surface area contributed by atoms with Crippen molar-refractivity contribution in [2.75, 3.05) is 13.2 Å². The molecule has 0 spiro atoms. The van der Waals surface area contributed by atoms with Crippen LogP contribution in [0.15, 0.2) is 12.2 Å². The Bertz CT molecular complexity index is 1270. The van der Waals surface area contributed by atoms with Crippen molar-refractivity contribution in [2.45, 2.75) is 463 Å². The van der Waals surface area contributed by atoms with Crippen molar-refractivity contribution in [3.8, 4) is 0 Å². The molecule has 0 heterocycles. The number of hydrogen-bond donors (Lipinski definition) is 3. The molecule has 6 heteroatoms. The van der Waals surface area contributed by atoms with Crippen molar-refractivity contribution < 1.29 is 24.5 Å². The monoisotopic (exact) mass is 1180 g/mol. The van der Waals surface area contributed by atoms with Crippen molar-refractivity contribution in [1.29, 1.82) is 0 Å². The summed E-state index contributed by atoms with van der Waals surface area (Å²) >= 11 is 0. The molecule has 1 amide bonds. The lowest BCUT2D eigenvalue weighted by Crippen LogP contribution is -2.45. The Kier molecular flexibility index (Phi) is 72.8. The number of hydrogen-bond acceptors (Lipinski definition) is 5. The summed E-state index contributed by atoms with van der Waals surface area (Å²) in [5.41, 5.74) is 0. The van der Waals surface area contributed by atoms with Gasteiger partial charge in [0.25, 0.3) is 0 Å². The summed E-state index contributed by atoms with van der Waals surface area (Å²) in [5.74, 6) is -0.0367. The van der Waals surface area contributed by atoms with Crippen molar-refractivity contribution in [3.63, 3.8) is 0 Å². The van der Waals surface area contributed by atoms with E-state index in [4.69, 9.17) is 4.74 Å². The highest BCUT2D eigenvalue weighted by molar-refractivity contribution is 5.76. The van der Waals surface area contributed by atoms with Gasteiger partial charge < -0.3 is 20.3 Å². The van der Waals surface area contributed by atoms with Gasteiger partial charge in [-0.1, -0.05) is 418 Å². The van der Waals surface area contributed by atoms with E-state index in [1.165, 1.54) is 385 Å². The van der Waals surface area contributed by atoms with Gasteiger partial charge in [-0.25, -0.2) is 0 Å². The predicted molar refractivity (Wildman–Crippen MR) is 370 cm³/mol. The fourth-order valence-corrected chi connectivity index (χ4v) is 12.6. The van der Waals surface area contributed by atoms with Crippen LogP contribution in [-0.4, -0.2) is 47.4 Å². The largest absolute Gasteiger partial charge is 0.466 e. The third-order valence-electron chi connectivity index (χ3n) is 18.6. The highest BCUT2D eigenvalue weighted by Gasteiger charge is 2.18. The van der Waals surface area contributed by atoms with E-state index in [-0.39, 0.29) is 18.5 Å². The second-order valence-electron chi connectivity index (χ2n) is 27.1. The molecule has 3 N–H and O–H groups in total. The van der Waals surface area contributed by atoms with Crippen LogP contribution in [0.5, 0.6) is 0 Å². The first kappa shape index (κ1) is 82.6. The zero-order valence-corrected chi connectivity index (χ0v) is 57.4. The second-order valence-corrected chi connectivity index (χ2v) is 27.1. The molecule has 2 unspecified atom stereocenters. The number of esters is 1. The SMILES string of the molecule is CCCCCCCCCCCCCCCCCCCCCCC/C=C/C(O)C(CO)NC(=O)CCCCCCCCCCCCCCCCCCCCCCCCCCCCCOC(=O)CCCCCCCCCCCCCCCCCCC. The van der Waals surface area contributed by atoms with E-state index in [1.54, 1.807) is 6.08 Å². The van der Waals surface area contributed by atoms with E-state index in [0.29, 0.717) is 19.4 Å². The van der Waals surface area contributed by atoms with Crippen molar-refractivity contribution in [3.05, 3.63) is 12.2 Å². The number of allylic oxidation sites excluding steroid dienone is 1. The molecule has 0 saturated heterocycles. The molecule has 0 saturated carbocycles. The first-order chi connectivity index (χ1) is 41.5. The van der Waals surface area contributed by atoms with Crippen LogP contribution in [0.4, 0.5) is 0 Å². The molecule has 0 bridgehead atoms. The molecular formula is C78H153NO5. The van der Waals surface area contributed by atoms with Crippen LogP contribution in [-0.2, 0) is 14.3 Å². The smallest absolute Gasteiger partial charge is 0.305 e. The third kappa shape index (κ3) is 69.7. The lowest BCUT2D eigenvalue weighted by molar-refractivity contribution is -0.143. The van der Waals surface area contributed by atoms with E-state index < -0.39 is 12.1 Å². The Morgan fingerprint density at radius 1 is 0.321 bits per heavy atom. The average molecular weight is 1190 g/mol. The number of aliphatic hydroxyl groups excluding tert-OH is 2. The summed E-state index contributed by atoms with van der Waals surface area (Å²) in [6, 6.07) is -0.626. The molecule has 0 fully saturated rings. The summed E-state index contributed by atoms with van der Waals surface area (Å²) in [7, 11) is 0. The zero-order chi connectivity index (χ0) is 60.6. The van der Waals surface area contributed by atoms with E-state index in [9.17, 15) is 19.8 Å². The minimum Gasteiger partial charge on any atom is -0.466 e. The van der Waals surface area contributed by atoms with Gasteiger partial charge in [0.05, 0.1) is 25.4 Å². The van der Waals surface area contributed by atoms with Gasteiger partial charge in [-0.3, -0.25) is 9.59 Å². The minimum atomic E-state index is -0.843. The van der Waals surface area contributed by atoms with Crippen LogP contribution in [0.25, 0.3) is 0 Å². The summed E-state index contributed by atoms with van der Waals surface area (Å²) < 4.78 is 5.51. The maximum Gasteiger partial charge on any atom is 0.305 e. The van der Waals surface area contributed by atoms with Gasteiger partial charge in [0, 0.05) is 12.8 Å².